The number of anilines is 2. The van der Waals surface area contributed by atoms with Gasteiger partial charge in [-0.05, 0) is 31.1 Å². The second-order valence-electron chi connectivity index (χ2n) is 9.05. The molecule has 0 unspecified atom stereocenters. The number of halogens is 1. The molecule has 0 spiro atoms. The summed E-state index contributed by atoms with van der Waals surface area (Å²) in [4.78, 5) is 9.08. The SMILES string of the molecule is Cc1nc(NCc2nn(C)cc2S(C)(=O)=O)nc(N[C@@H]2C[C@H]2CC(C)(C)C)c1Cl. The summed E-state index contributed by atoms with van der Waals surface area (Å²) in [6, 6.07) is 0.363. The summed E-state index contributed by atoms with van der Waals surface area (Å²) in [7, 11) is -1.68. The van der Waals surface area contributed by atoms with Crippen LogP contribution in [-0.2, 0) is 23.4 Å². The second kappa shape index (κ2) is 7.75. The van der Waals surface area contributed by atoms with E-state index in [1.54, 1.807) is 7.05 Å². The molecular formula is C19H29ClN6O2S. The van der Waals surface area contributed by atoms with Gasteiger partial charge in [0.15, 0.2) is 15.7 Å². The Hall–Kier alpha value is -1.87. The van der Waals surface area contributed by atoms with E-state index in [0.717, 1.165) is 12.8 Å². The van der Waals surface area contributed by atoms with Crippen molar-refractivity contribution in [3.05, 3.63) is 22.6 Å². The summed E-state index contributed by atoms with van der Waals surface area (Å²) < 4.78 is 25.4. The van der Waals surface area contributed by atoms with Crippen LogP contribution in [0.5, 0.6) is 0 Å². The molecule has 160 valence electrons. The van der Waals surface area contributed by atoms with Crippen molar-refractivity contribution in [3.63, 3.8) is 0 Å². The van der Waals surface area contributed by atoms with Crippen molar-refractivity contribution in [2.45, 2.75) is 58.0 Å². The monoisotopic (exact) mass is 440 g/mol. The van der Waals surface area contributed by atoms with E-state index < -0.39 is 9.84 Å². The highest BCUT2D eigenvalue weighted by molar-refractivity contribution is 7.90. The zero-order chi connectivity index (χ0) is 21.6. The van der Waals surface area contributed by atoms with E-state index in [9.17, 15) is 8.42 Å². The average Bonchev–Trinajstić information content (AvgIpc) is 3.13. The molecule has 2 heterocycles. The van der Waals surface area contributed by atoms with Gasteiger partial charge in [0, 0.05) is 25.5 Å². The summed E-state index contributed by atoms with van der Waals surface area (Å²) in [5.41, 5.74) is 1.37. The first kappa shape index (κ1) is 21.8. The Kier molecular flexibility index (Phi) is 5.84. The van der Waals surface area contributed by atoms with Crippen molar-refractivity contribution in [1.82, 2.24) is 19.7 Å². The molecule has 8 nitrogen and oxygen atoms in total. The van der Waals surface area contributed by atoms with Gasteiger partial charge in [0.2, 0.25) is 5.95 Å². The van der Waals surface area contributed by atoms with Crippen LogP contribution in [0.2, 0.25) is 5.02 Å². The van der Waals surface area contributed by atoms with Crippen LogP contribution in [0.1, 0.15) is 45.0 Å². The van der Waals surface area contributed by atoms with E-state index in [1.807, 2.05) is 6.92 Å². The van der Waals surface area contributed by atoms with Gasteiger partial charge in [0.1, 0.15) is 15.6 Å². The molecule has 2 aromatic rings. The zero-order valence-corrected chi connectivity index (χ0v) is 19.3. The fourth-order valence-corrected chi connectivity index (χ4v) is 4.48. The summed E-state index contributed by atoms with van der Waals surface area (Å²) in [6.07, 6.45) is 4.91. The molecular weight excluding hydrogens is 412 g/mol. The lowest BCUT2D eigenvalue weighted by atomic mass is 9.89. The molecule has 0 aromatic carbocycles. The summed E-state index contributed by atoms with van der Waals surface area (Å²) in [5, 5.41) is 11.3. The molecule has 0 amide bonds. The molecule has 1 aliphatic rings. The van der Waals surface area contributed by atoms with Crippen molar-refractivity contribution >= 4 is 33.2 Å². The number of aromatic nitrogens is 4. The summed E-state index contributed by atoms with van der Waals surface area (Å²) in [5.74, 6) is 1.60. The van der Waals surface area contributed by atoms with Gasteiger partial charge < -0.3 is 10.6 Å². The lowest BCUT2D eigenvalue weighted by Gasteiger charge is -2.18. The van der Waals surface area contributed by atoms with Gasteiger partial charge in [-0.25, -0.2) is 13.4 Å². The minimum absolute atomic E-state index is 0.194. The van der Waals surface area contributed by atoms with Crippen molar-refractivity contribution in [2.75, 3.05) is 16.9 Å². The number of rotatable bonds is 7. The van der Waals surface area contributed by atoms with Crippen LogP contribution in [0.15, 0.2) is 11.1 Å². The van der Waals surface area contributed by atoms with Gasteiger partial charge in [-0.15, -0.1) is 0 Å². The number of sulfone groups is 1. The largest absolute Gasteiger partial charge is 0.366 e. The zero-order valence-electron chi connectivity index (χ0n) is 17.7. The van der Waals surface area contributed by atoms with E-state index in [4.69, 9.17) is 11.6 Å². The van der Waals surface area contributed by atoms with Crippen LogP contribution in [0.4, 0.5) is 11.8 Å². The Labute approximate surface area is 177 Å². The van der Waals surface area contributed by atoms with Crippen LogP contribution >= 0.6 is 11.6 Å². The lowest BCUT2D eigenvalue weighted by Crippen LogP contribution is -2.14. The molecule has 0 radical (unpaired) electrons. The lowest BCUT2D eigenvalue weighted by molar-refractivity contribution is 0.352. The van der Waals surface area contributed by atoms with E-state index in [1.165, 1.54) is 17.1 Å². The number of hydrogen-bond donors (Lipinski definition) is 2. The molecule has 0 saturated heterocycles. The standard InChI is InChI=1S/C19H29ClN6O2S/c1-11-16(20)17(23-13-7-12(13)8-19(2,3)4)24-18(22-11)21-9-14-15(29(6,27)28)10-26(5)25-14/h10,12-13H,7-9H2,1-6H3,(H2,21,22,23,24)/t12-,13+/m0/s1. The minimum Gasteiger partial charge on any atom is -0.366 e. The smallest absolute Gasteiger partial charge is 0.225 e. The van der Waals surface area contributed by atoms with Crippen molar-refractivity contribution in [3.8, 4) is 0 Å². The van der Waals surface area contributed by atoms with Crippen LogP contribution in [0.25, 0.3) is 0 Å². The van der Waals surface area contributed by atoms with Gasteiger partial charge in [-0.3, -0.25) is 4.68 Å². The third-order valence-corrected chi connectivity index (χ3v) is 6.41. The third-order valence-electron chi connectivity index (χ3n) is 4.82. The van der Waals surface area contributed by atoms with Crippen LogP contribution in [-0.4, -0.2) is 40.5 Å². The molecule has 1 saturated carbocycles. The van der Waals surface area contributed by atoms with Gasteiger partial charge >= 0.3 is 0 Å². The topological polar surface area (TPSA) is 102 Å². The predicted octanol–water partition coefficient (Wildman–Crippen LogP) is 3.42. The molecule has 1 aliphatic carbocycles. The summed E-state index contributed by atoms with van der Waals surface area (Å²) in [6.45, 7) is 8.75. The number of hydrogen-bond acceptors (Lipinski definition) is 7. The average molecular weight is 441 g/mol. The third kappa shape index (κ3) is 5.60. The number of nitrogens with one attached hydrogen (secondary N) is 2. The highest BCUT2D eigenvalue weighted by Gasteiger charge is 2.40. The predicted molar refractivity (Wildman–Crippen MR) is 115 cm³/mol. The van der Waals surface area contributed by atoms with Crippen molar-refractivity contribution < 1.29 is 8.42 Å². The first-order chi connectivity index (χ1) is 13.3. The fourth-order valence-electron chi connectivity index (χ4n) is 3.45. The highest BCUT2D eigenvalue weighted by atomic mass is 35.5. The molecule has 2 atom stereocenters. The maximum atomic E-state index is 11.9. The van der Waals surface area contributed by atoms with Crippen molar-refractivity contribution in [1.29, 1.82) is 0 Å². The van der Waals surface area contributed by atoms with E-state index >= 15 is 0 Å². The van der Waals surface area contributed by atoms with E-state index in [2.05, 4.69) is 46.5 Å². The molecule has 1 fully saturated rings. The minimum atomic E-state index is -3.37. The Morgan fingerprint density at radius 2 is 2.00 bits per heavy atom. The maximum Gasteiger partial charge on any atom is 0.225 e. The van der Waals surface area contributed by atoms with Crippen LogP contribution < -0.4 is 10.6 Å². The molecule has 2 N–H and O–H groups in total. The Bertz CT molecular complexity index is 1010. The summed E-state index contributed by atoms with van der Waals surface area (Å²) >= 11 is 6.41. The van der Waals surface area contributed by atoms with Crippen LogP contribution in [0, 0.1) is 18.3 Å². The molecule has 0 bridgehead atoms. The molecule has 10 heteroatoms. The fraction of sp³-hybridized carbons (Fsp3) is 0.632. The maximum absolute atomic E-state index is 11.9. The number of aryl methyl sites for hydroxylation is 2. The number of nitrogens with zero attached hydrogens (tertiary/aromatic N) is 4. The normalized spacial score (nSPS) is 19.3. The Balaban J connectivity index is 1.72. The van der Waals surface area contributed by atoms with Gasteiger partial charge in [0.05, 0.1) is 12.2 Å². The quantitative estimate of drug-likeness (QED) is 0.679. The molecule has 2 aromatic heterocycles. The van der Waals surface area contributed by atoms with Crippen molar-refractivity contribution in [2.24, 2.45) is 18.4 Å². The first-order valence-corrected chi connectivity index (χ1v) is 11.9. The Morgan fingerprint density at radius 3 is 2.62 bits per heavy atom. The van der Waals surface area contributed by atoms with E-state index in [0.29, 0.717) is 45.6 Å². The van der Waals surface area contributed by atoms with Gasteiger partial charge in [-0.1, -0.05) is 32.4 Å². The first-order valence-electron chi connectivity index (χ1n) is 9.60. The highest BCUT2D eigenvalue weighted by Crippen LogP contribution is 2.43. The Morgan fingerprint density at radius 1 is 1.31 bits per heavy atom. The molecule has 29 heavy (non-hydrogen) atoms. The molecule has 0 aliphatic heterocycles. The van der Waals surface area contributed by atoms with Gasteiger partial charge in [0.25, 0.3) is 0 Å². The molecule has 3 rings (SSSR count). The van der Waals surface area contributed by atoms with Crippen LogP contribution in [0.3, 0.4) is 0 Å². The second-order valence-corrected chi connectivity index (χ2v) is 11.4. The van der Waals surface area contributed by atoms with Gasteiger partial charge in [-0.2, -0.15) is 10.1 Å². The van der Waals surface area contributed by atoms with E-state index in [-0.39, 0.29) is 11.4 Å².